The zero-order valence-corrected chi connectivity index (χ0v) is 16.3. The van der Waals surface area contributed by atoms with Crippen LogP contribution < -0.4 is 15.5 Å². The number of benzene rings is 3. The molecule has 0 atom stereocenters. The smallest absolute Gasteiger partial charge is 0.343 e. The molecule has 2 N–H and O–H groups in total. The van der Waals surface area contributed by atoms with Gasteiger partial charge >= 0.3 is 5.97 Å². The van der Waals surface area contributed by atoms with Gasteiger partial charge in [-0.15, -0.1) is 0 Å². The maximum Gasteiger partial charge on any atom is 0.343 e. The van der Waals surface area contributed by atoms with Crippen molar-refractivity contribution in [1.29, 1.82) is 0 Å². The minimum atomic E-state index is -0.606. The van der Waals surface area contributed by atoms with Crippen molar-refractivity contribution >= 4 is 40.9 Å². The van der Waals surface area contributed by atoms with Crippen molar-refractivity contribution in [2.24, 2.45) is 5.10 Å². The Morgan fingerprint density at radius 1 is 1.00 bits per heavy atom. The monoisotopic (exact) mass is 420 g/mol. The van der Waals surface area contributed by atoms with Gasteiger partial charge in [0.05, 0.1) is 16.7 Å². The first kappa shape index (κ1) is 20.6. The molecule has 3 rings (SSSR count). The molecule has 0 amide bonds. The van der Waals surface area contributed by atoms with E-state index in [-0.39, 0.29) is 11.3 Å². The van der Waals surface area contributed by atoms with Crippen LogP contribution in [0.25, 0.3) is 0 Å². The topological polar surface area (TPSA) is 106 Å². The van der Waals surface area contributed by atoms with Crippen molar-refractivity contribution < 1.29 is 14.5 Å². The number of non-ortho nitro benzene ring substituents is 1. The van der Waals surface area contributed by atoms with E-state index in [9.17, 15) is 14.9 Å². The zero-order chi connectivity index (χ0) is 21.3. The van der Waals surface area contributed by atoms with Crippen LogP contribution in [0.4, 0.5) is 11.4 Å². The second kappa shape index (κ2) is 9.89. The number of esters is 1. The standard InChI is InChI=1S/C21H16N4O4S/c26-20(16-8-10-18(11-9-16)25(27)28)29-19-12-6-15(7-13-19)14-22-24-21(30)23-17-4-2-1-3-5-17/h1-14H,(H2,23,24,30)/b22-14+. The maximum absolute atomic E-state index is 12.1. The Bertz CT molecular complexity index is 1070. The van der Waals surface area contributed by atoms with E-state index in [0.29, 0.717) is 10.9 Å². The molecule has 0 heterocycles. The van der Waals surface area contributed by atoms with E-state index in [1.54, 1.807) is 30.5 Å². The summed E-state index contributed by atoms with van der Waals surface area (Å²) in [6.07, 6.45) is 1.57. The Kier molecular flexibility index (Phi) is 6.80. The minimum absolute atomic E-state index is 0.0951. The Morgan fingerprint density at radius 3 is 2.30 bits per heavy atom. The van der Waals surface area contributed by atoms with Gasteiger partial charge in [0.25, 0.3) is 5.69 Å². The number of hydrazone groups is 1. The van der Waals surface area contributed by atoms with E-state index in [1.165, 1.54) is 24.3 Å². The van der Waals surface area contributed by atoms with E-state index in [1.807, 2.05) is 30.3 Å². The fourth-order valence-electron chi connectivity index (χ4n) is 2.35. The van der Waals surface area contributed by atoms with Crippen LogP contribution in [0.15, 0.2) is 84.0 Å². The van der Waals surface area contributed by atoms with E-state index < -0.39 is 10.9 Å². The normalized spacial score (nSPS) is 10.4. The van der Waals surface area contributed by atoms with Gasteiger partial charge in [-0.1, -0.05) is 18.2 Å². The lowest BCUT2D eigenvalue weighted by atomic mass is 10.2. The number of thiocarbonyl (C=S) groups is 1. The van der Waals surface area contributed by atoms with E-state index in [4.69, 9.17) is 17.0 Å². The van der Waals surface area contributed by atoms with Gasteiger partial charge in [-0.2, -0.15) is 5.10 Å². The summed E-state index contributed by atoms with van der Waals surface area (Å²) in [7, 11) is 0. The van der Waals surface area contributed by atoms with E-state index in [0.717, 1.165) is 11.3 Å². The highest BCUT2D eigenvalue weighted by Gasteiger charge is 2.11. The number of nitrogens with one attached hydrogen (secondary N) is 2. The molecule has 30 heavy (non-hydrogen) atoms. The summed E-state index contributed by atoms with van der Waals surface area (Å²) in [6, 6.07) is 21.3. The van der Waals surface area contributed by atoms with Gasteiger partial charge < -0.3 is 10.1 Å². The van der Waals surface area contributed by atoms with Gasteiger partial charge in [-0.3, -0.25) is 15.5 Å². The predicted molar refractivity (Wildman–Crippen MR) is 118 cm³/mol. The molecule has 0 aliphatic rings. The molecule has 0 unspecified atom stereocenters. The largest absolute Gasteiger partial charge is 0.423 e. The van der Waals surface area contributed by atoms with Crippen molar-refractivity contribution in [3.05, 3.63) is 100 Å². The minimum Gasteiger partial charge on any atom is -0.423 e. The third-order valence-electron chi connectivity index (χ3n) is 3.82. The molecule has 0 saturated heterocycles. The second-order valence-corrected chi connectivity index (χ2v) is 6.36. The lowest BCUT2D eigenvalue weighted by Gasteiger charge is -2.06. The van der Waals surface area contributed by atoms with Gasteiger partial charge in [0, 0.05) is 17.8 Å². The summed E-state index contributed by atoms with van der Waals surface area (Å²) < 4.78 is 5.27. The Balaban J connectivity index is 1.51. The maximum atomic E-state index is 12.1. The Morgan fingerprint density at radius 2 is 1.67 bits per heavy atom. The molecule has 8 nitrogen and oxygen atoms in total. The molecule has 0 radical (unpaired) electrons. The summed E-state index contributed by atoms with van der Waals surface area (Å²) in [6.45, 7) is 0. The van der Waals surface area contributed by atoms with Gasteiger partial charge in [0.1, 0.15) is 5.75 Å². The number of rotatable bonds is 6. The number of anilines is 1. The summed E-state index contributed by atoms with van der Waals surface area (Å²) in [5.74, 6) is -0.268. The van der Waals surface area contributed by atoms with Crippen molar-refractivity contribution in [1.82, 2.24) is 5.43 Å². The van der Waals surface area contributed by atoms with Crippen LogP contribution in [-0.4, -0.2) is 22.2 Å². The number of para-hydroxylation sites is 1. The molecule has 0 bridgehead atoms. The predicted octanol–water partition coefficient (Wildman–Crippen LogP) is 4.13. The third-order valence-corrected chi connectivity index (χ3v) is 4.01. The van der Waals surface area contributed by atoms with Gasteiger partial charge in [0.15, 0.2) is 5.11 Å². The van der Waals surface area contributed by atoms with Crippen molar-refractivity contribution in [3.63, 3.8) is 0 Å². The third kappa shape index (κ3) is 5.94. The SMILES string of the molecule is O=C(Oc1ccc(/C=N/NC(=S)Nc2ccccc2)cc1)c1ccc([N+](=O)[O-])cc1. The lowest BCUT2D eigenvalue weighted by Crippen LogP contribution is -2.23. The van der Waals surface area contributed by atoms with Crippen LogP contribution in [0, 0.1) is 10.1 Å². The summed E-state index contributed by atoms with van der Waals surface area (Å²) in [4.78, 5) is 22.3. The molecule has 9 heteroatoms. The first-order valence-corrected chi connectivity index (χ1v) is 9.14. The number of carbonyl (C=O) groups is 1. The number of carbonyl (C=O) groups excluding carboxylic acids is 1. The quantitative estimate of drug-likeness (QED) is 0.154. The van der Waals surface area contributed by atoms with Crippen molar-refractivity contribution in [3.8, 4) is 5.75 Å². The number of ether oxygens (including phenoxy) is 1. The molecule has 0 aromatic heterocycles. The molecule has 3 aromatic rings. The second-order valence-electron chi connectivity index (χ2n) is 5.95. The zero-order valence-electron chi connectivity index (χ0n) is 15.5. The van der Waals surface area contributed by atoms with Crippen LogP contribution in [0.5, 0.6) is 5.75 Å². The van der Waals surface area contributed by atoms with Gasteiger partial charge in [-0.05, 0) is 66.3 Å². The summed E-state index contributed by atoms with van der Waals surface area (Å²) in [5.41, 5.74) is 4.45. The number of hydrogen-bond donors (Lipinski definition) is 2. The molecule has 0 fully saturated rings. The fraction of sp³-hybridized carbons (Fsp3) is 0. The van der Waals surface area contributed by atoms with Crippen LogP contribution in [-0.2, 0) is 0 Å². The van der Waals surface area contributed by atoms with Gasteiger partial charge in [0.2, 0.25) is 0 Å². The molecular formula is C21H16N4O4S. The Hall–Kier alpha value is -4.11. The highest BCUT2D eigenvalue weighted by Crippen LogP contribution is 2.16. The van der Waals surface area contributed by atoms with Crippen LogP contribution in [0.1, 0.15) is 15.9 Å². The number of nitro groups is 1. The van der Waals surface area contributed by atoms with Crippen LogP contribution in [0.3, 0.4) is 0 Å². The molecule has 0 saturated carbocycles. The Labute approximate surface area is 177 Å². The van der Waals surface area contributed by atoms with E-state index >= 15 is 0 Å². The number of hydrogen-bond acceptors (Lipinski definition) is 6. The first-order valence-electron chi connectivity index (χ1n) is 8.73. The summed E-state index contributed by atoms with van der Waals surface area (Å²) in [5, 5.41) is 18.1. The lowest BCUT2D eigenvalue weighted by molar-refractivity contribution is -0.384. The molecule has 0 aliphatic heterocycles. The van der Waals surface area contributed by atoms with Crippen molar-refractivity contribution in [2.75, 3.05) is 5.32 Å². The average Bonchev–Trinajstić information content (AvgIpc) is 2.75. The molecular weight excluding hydrogens is 404 g/mol. The number of nitro benzene ring substituents is 1. The number of nitrogens with zero attached hydrogens (tertiary/aromatic N) is 2. The molecule has 3 aromatic carbocycles. The fourth-order valence-corrected chi connectivity index (χ4v) is 2.52. The van der Waals surface area contributed by atoms with E-state index in [2.05, 4.69) is 15.8 Å². The van der Waals surface area contributed by atoms with Crippen molar-refractivity contribution in [2.45, 2.75) is 0 Å². The van der Waals surface area contributed by atoms with Crippen LogP contribution >= 0.6 is 12.2 Å². The molecule has 0 spiro atoms. The van der Waals surface area contributed by atoms with Gasteiger partial charge in [-0.25, -0.2) is 4.79 Å². The van der Waals surface area contributed by atoms with Crippen LogP contribution in [0.2, 0.25) is 0 Å². The summed E-state index contributed by atoms with van der Waals surface area (Å²) >= 11 is 5.16. The first-order chi connectivity index (χ1) is 14.5. The molecule has 150 valence electrons. The highest BCUT2D eigenvalue weighted by atomic mass is 32.1. The highest BCUT2D eigenvalue weighted by molar-refractivity contribution is 7.80. The average molecular weight is 420 g/mol. The molecule has 0 aliphatic carbocycles.